The number of rotatable bonds is 6. The normalized spacial score (nSPS) is 14.1. The van der Waals surface area contributed by atoms with E-state index in [-0.39, 0.29) is 5.78 Å². The largest absolute Gasteiger partial charge is 0.497 e. The zero-order valence-electron chi connectivity index (χ0n) is 11.1. The van der Waals surface area contributed by atoms with Crippen LogP contribution in [0.5, 0.6) is 5.75 Å². The molecule has 4 heteroatoms. The van der Waals surface area contributed by atoms with Crippen LogP contribution in [0.1, 0.15) is 32.3 Å². The Hall–Kier alpha value is -0.870. The fourth-order valence-corrected chi connectivity index (χ4v) is 2.23. The van der Waals surface area contributed by atoms with E-state index in [1.165, 1.54) is 0 Å². The molecule has 0 amide bonds. The van der Waals surface area contributed by atoms with Crippen LogP contribution in [-0.4, -0.2) is 18.4 Å². The topological polar surface area (TPSA) is 52.3 Å². The molecule has 1 unspecified atom stereocenters. The molecule has 0 fully saturated rings. The molecule has 100 valence electrons. The van der Waals surface area contributed by atoms with E-state index in [2.05, 4.69) is 15.9 Å². The Labute approximate surface area is 117 Å². The van der Waals surface area contributed by atoms with Crippen LogP contribution in [0.2, 0.25) is 0 Å². The zero-order valence-corrected chi connectivity index (χ0v) is 12.7. The predicted octanol–water partition coefficient (Wildman–Crippen LogP) is 3.09. The molecule has 0 saturated carbocycles. The van der Waals surface area contributed by atoms with E-state index in [0.717, 1.165) is 22.2 Å². The number of carbonyl (C=O) groups excluding carboxylic acids is 1. The molecule has 0 heterocycles. The van der Waals surface area contributed by atoms with Gasteiger partial charge in [0, 0.05) is 10.9 Å². The third-order valence-corrected chi connectivity index (χ3v) is 3.78. The number of hydrogen-bond acceptors (Lipinski definition) is 3. The van der Waals surface area contributed by atoms with Gasteiger partial charge in [-0.15, -0.1) is 0 Å². The number of benzene rings is 1. The summed E-state index contributed by atoms with van der Waals surface area (Å²) in [6, 6.07) is 5.60. The minimum atomic E-state index is -0.753. The van der Waals surface area contributed by atoms with Gasteiger partial charge in [0.15, 0.2) is 5.78 Å². The molecule has 0 saturated heterocycles. The van der Waals surface area contributed by atoms with Crippen molar-refractivity contribution in [2.45, 2.75) is 38.6 Å². The average Bonchev–Trinajstić information content (AvgIpc) is 2.31. The van der Waals surface area contributed by atoms with E-state index < -0.39 is 5.54 Å². The highest BCUT2D eigenvalue weighted by Crippen LogP contribution is 2.24. The molecule has 0 aliphatic rings. The second kappa shape index (κ2) is 6.34. The number of Topliss-reactive ketones (excluding diaryl/α,β-unsaturated/α-hetero) is 1. The molecule has 18 heavy (non-hydrogen) atoms. The number of ketones is 1. The van der Waals surface area contributed by atoms with Gasteiger partial charge in [-0.3, -0.25) is 4.79 Å². The van der Waals surface area contributed by atoms with Crippen molar-refractivity contribution < 1.29 is 9.53 Å². The van der Waals surface area contributed by atoms with Gasteiger partial charge in [0.2, 0.25) is 0 Å². The number of hydrogen-bond donors (Lipinski definition) is 1. The molecule has 0 bridgehead atoms. The Morgan fingerprint density at radius 3 is 2.72 bits per heavy atom. The molecule has 3 nitrogen and oxygen atoms in total. The second-order valence-corrected chi connectivity index (χ2v) is 5.58. The lowest BCUT2D eigenvalue weighted by Gasteiger charge is -2.22. The Bertz CT molecular complexity index is 430. The Kier molecular flexibility index (Phi) is 5.35. The smallest absolute Gasteiger partial charge is 0.156 e. The molecule has 0 radical (unpaired) electrons. The average molecular weight is 314 g/mol. The maximum absolute atomic E-state index is 12.2. The quantitative estimate of drug-likeness (QED) is 0.878. The van der Waals surface area contributed by atoms with Gasteiger partial charge in [-0.2, -0.15) is 0 Å². The molecular weight excluding hydrogens is 294 g/mol. The highest BCUT2D eigenvalue weighted by atomic mass is 79.9. The van der Waals surface area contributed by atoms with Crippen LogP contribution in [-0.2, 0) is 11.2 Å². The molecule has 1 rings (SSSR count). The maximum Gasteiger partial charge on any atom is 0.156 e. The van der Waals surface area contributed by atoms with E-state index in [0.29, 0.717) is 12.8 Å². The van der Waals surface area contributed by atoms with Crippen molar-refractivity contribution in [1.29, 1.82) is 0 Å². The van der Waals surface area contributed by atoms with Gasteiger partial charge in [0.05, 0.1) is 12.6 Å². The third-order valence-electron chi connectivity index (χ3n) is 3.01. The summed E-state index contributed by atoms with van der Waals surface area (Å²) in [6.45, 7) is 3.83. The minimum absolute atomic E-state index is 0.0540. The zero-order chi connectivity index (χ0) is 13.8. The molecule has 1 aromatic rings. The van der Waals surface area contributed by atoms with Crippen molar-refractivity contribution in [3.8, 4) is 5.75 Å². The fourth-order valence-electron chi connectivity index (χ4n) is 1.85. The molecular formula is C14H20BrNO2. The third kappa shape index (κ3) is 3.82. The summed E-state index contributed by atoms with van der Waals surface area (Å²) >= 11 is 3.45. The Morgan fingerprint density at radius 1 is 1.50 bits per heavy atom. The number of ether oxygens (including phenoxy) is 1. The van der Waals surface area contributed by atoms with Crippen LogP contribution in [0.15, 0.2) is 22.7 Å². The monoisotopic (exact) mass is 313 g/mol. The SMILES string of the molecule is CCCC(C)(N)C(=O)Cc1cc(OC)ccc1Br. The molecule has 2 N–H and O–H groups in total. The lowest BCUT2D eigenvalue weighted by molar-refractivity contribution is -0.123. The molecule has 1 aromatic carbocycles. The highest BCUT2D eigenvalue weighted by Gasteiger charge is 2.27. The lowest BCUT2D eigenvalue weighted by atomic mass is 9.88. The molecule has 0 spiro atoms. The first-order valence-electron chi connectivity index (χ1n) is 6.05. The summed E-state index contributed by atoms with van der Waals surface area (Å²) in [5.41, 5.74) is 6.20. The van der Waals surface area contributed by atoms with Crippen molar-refractivity contribution in [2.75, 3.05) is 7.11 Å². The maximum atomic E-state index is 12.2. The van der Waals surface area contributed by atoms with Gasteiger partial charge in [-0.1, -0.05) is 29.3 Å². The van der Waals surface area contributed by atoms with Crippen LogP contribution in [0.4, 0.5) is 0 Å². The summed E-state index contributed by atoms with van der Waals surface area (Å²) in [6.07, 6.45) is 1.93. The number of nitrogens with two attached hydrogens (primary N) is 1. The van der Waals surface area contributed by atoms with Crippen molar-refractivity contribution in [3.63, 3.8) is 0 Å². The molecule has 1 atom stereocenters. The summed E-state index contributed by atoms with van der Waals surface area (Å²) in [5, 5.41) is 0. The van der Waals surface area contributed by atoms with E-state index >= 15 is 0 Å². The van der Waals surface area contributed by atoms with Crippen molar-refractivity contribution in [2.24, 2.45) is 5.73 Å². The van der Waals surface area contributed by atoms with Crippen molar-refractivity contribution in [3.05, 3.63) is 28.2 Å². The first-order valence-corrected chi connectivity index (χ1v) is 6.84. The van der Waals surface area contributed by atoms with Gasteiger partial charge in [0.1, 0.15) is 5.75 Å². The Balaban J connectivity index is 2.87. The van der Waals surface area contributed by atoms with Crippen LogP contribution in [0.3, 0.4) is 0 Å². The van der Waals surface area contributed by atoms with E-state index in [1.54, 1.807) is 14.0 Å². The van der Waals surface area contributed by atoms with E-state index in [9.17, 15) is 4.79 Å². The van der Waals surface area contributed by atoms with Gasteiger partial charge < -0.3 is 10.5 Å². The highest BCUT2D eigenvalue weighted by molar-refractivity contribution is 9.10. The lowest BCUT2D eigenvalue weighted by Crippen LogP contribution is -2.45. The summed E-state index contributed by atoms with van der Waals surface area (Å²) < 4.78 is 6.07. The predicted molar refractivity (Wildman–Crippen MR) is 76.9 cm³/mol. The summed E-state index contributed by atoms with van der Waals surface area (Å²) in [4.78, 5) is 12.2. The minimum Gasteiger partial charge on any atom is -0.497 e. The number of methoxy groups -OCH3 is 1. The van der Waals surface area contributed by atoms with Crippen LogP contribution in [0.25, 0.3) is 0 Å². The Morgan fingerprint density at radius 2 is 2.17 bits per heavy atom. The van der Waals surface area contributed by atoms with E-state index in [1.807, 2.05) is 25.1 Å². The summed E-state index contributed by atoms with van der Waals surface area (Å²) in [7, 11) is 1.61. The molecule has 0 aliphatic heterocycles. The first kappa shape index (κ1) is 15.2. The number of carbonyl (C=O) groups is 1. The molecule has 0 aliphatic carbocycles. The van der Waals surface area contributed by atoms with Crippen molar-refractivity contribution >= 4 is 21.7 Å². The van der Waals surface area contributed by atoms with Gasteiger partial charge in [-0.25, -0.2) is 0 Å². The van der Waals surface area contributed by atoms with Gasteiger partial charge in [0.25, 0.3) is 0 Å². The standard InChI is InChI=1S/C14H20BrNO2/c1-4-7-14(2,16)13(17)9-10-8-11(18-3)5-6-12(10)15/h5-6,8H,4,7,9,16H2,1-3H3. The van der Waals surface area contributed by atoms with Crippen LogP contribution < -0.4 is 10.5 Å². The molecule has 0 aromatic heterocycles. The fraction of sp³-hybridized carbons (Fsp3) is 0.500. The number of halogens is 1. The van der Waals surface area contributed by atoms with E-state index in [4.69, 9.17) is 10.5 Å². The van der Waals surface area contributed by atoms with Crippen LogP contribution >= 0.6 is 15.9 Å². The van der Waals surface area contributed by atoms with Crippen LogP contribution in [0, 0.1) is 0 Å². The summed E-state index contributed by atoms with van der Waals surface area (Å²) in [5.74, 6) is 0.800. The second-order valence-electron chi connectivity index (χ2n) is 4.72. The first-order chi connectivity index (χ1) is 8.40. The van der Waals surface area contributed by atoms with Gasteiger partial charge in [-0.05, 0) is 37.1 Å². The van der Waals surface area contributed by atoms with Crippen molar-refractivity contribution in [1.82, 2.24) is 0 Å². The van der Waals surface area contributed by atoms with Gasteiger partial charge >= 0.3 is 0 Å².